The molecule has 0 spiro atoms. The standard InChI is InChI=1S/C19H16ClN5O3/c1-2-25-15-5-3-11(7-14(15)23-18(27)19(25)28)17(26)21-8-13-10-24-9-12(20)4-6-16(24)22-13/h3-7,9-10H,2,8H2,1H3,(H,21,26)(H,23,27). The molecule has 2 N–H and O–H groups in total. The normalized spacial score (nSPS) is 11.2. The molecule has 0 saturated heterocycles. The van der Waals surface area contributed by atoms with Crippen LogP contribution in [0.25, 0.3) is 16.7 Å². The third kappa shape index (κ3) is 3.18. The number of halogens is 1. The Hall–Kier alpha value is -3.39. The fraction of sp³-hybridized carbons (Fsp3) is 0.158. The molecule has 3 heterocycles. The second-order valence-electron chi connectivity index (χ2n) is 6.26. The van der Waals surface area contributed by atoms with Gasteiger partial charge in [-0.05, 0) is 37.3 Å². The lowest BCUT2D eigenvalue weighted by molar-refractivity contribution is 0.0950. The lowest BCUT2D eigenvalue weighted by atomic mass is 10.1. The average molecular weight is 398 g/mol. The quantitative estimate of drug-likeness (QED) is 0.514. The number of carbonyl (C=O) groups excluding carboxylic acids is 1. The summed E-state index contributed by atoms with van der Waals surface area (Å²) in [6.45, 7) is 2.38. The van der Waals surface area contributed by atoms with E-state index < -0.39 is 11.1 Å². The number of amides is 1. The van der Waals surface area contributed by atoms with Crippen LogP contribution < -0.4 is 16.4 Å². The van der Waals surface area contributed by atoms with Gasteiger partial charge in [0.15, 0.2) is 0 Å². The van der Waals surface area contributed by atoms with Crippen molar-refractivity contribution < 1.29 is 4.79 Å². The molecule has 0 atom stereocenters. The first-order valence-corrected chi connectivity index (χ1v) is 9.02. The molecule has 0 aliphatic heterocycles. The second kappa shape index (κ2) is 6.97. The van der Waals surface area contributed by atoms with Gasteiger partial charge >= 0.3 is 11.1 Å². The van der Waals surface area contributed by atoms with Gasteiger partial charge in [-0.1, -0.05) is 11.6 Å². The molecule has 1 aromatic carbocycles. The third-order valence-electron chi connectivity index (χ3n) is 4.45. The number of fused-ring (bicyclic) bond motifs is 2. The molecule has 142 valence electrons. The molecule has 1 amide bonds. The Balaban J connectivity index is 1.58. The number of benzene rings is 1. The number of pyridine rings is 1. The molecule has 0 fully saturated rings. The van der Waals surface area contributed by atoms with E-state index in [1.54, 1.807) is 54.0 Å². The Morgan fingerprint density at radius 2 is 2.04 bits per heavy atom. The third-order valence-corrected chi connectivity index (χ3v) is 4.67. The summed E-state index contributed by atoms with van der Waals surface area (Å²) >= 11 is 5.96. The van der Waals surface area contributed by atoms with Crippen molar-refractivity contribution in [1.29, 1.82) is 0 Å². The van der Waals surface area contributed by atoms with Crippen molar-refractivity contribution in [3.8, 4) is 0 Å². The SMILES string of the molecule is CCn1c(=O)c(=O)[nH]c2cc(C(=O)NCc3cn4cc(Cl)ccc4n3)ccc21. The van der Waals surface area contributed by atoms with E-state index in [1.165, 1.54) is 4.57 Å². The highest BCUT2D eigenvalue weighted by molar-refractivity contribution is 6.30. The Morgan fingerprint density at radius 3 is 2.82 bits per heavy atom. The van der Waals surface area contributed by atoms with Crippen LogP contribution in [0.2, 0.25) is 5.02 Å². The summed E-state index contributed by atoms with van der Waals surface area (Å²) in [4.78, 5) is 43.2. The molecule has 4 aromatic rings. The number of aryl methyl sites for hydroxylation is 1. The minimum Gasteiger partial charge on any atom is -0.346 e. The molecule has 9 heteroatoms. The number of aromatic amines is 1. The van der Waals surface area contributed by atoms with Gasteiger partial charge in [-0.2, -0.15) is 0 Å². The topological polar surface area (TPSA) is 101 Å². The number of rotatable bonds is 4. The number of imidazole rings is 1. The predicted molar refractivity (Wildman–Crippen MR) is 106 cm³/mol. The van der Waals surface area contributed by atoms with Gasteiger partial charge in [0.05, 0.1) is 28.3 Å². The lowest BCUT2D eigenvalue weighted by Gasteiger charge is -2.09. The maximum Gasteiger partial charge on any atom is 0.316 e. The first-order chi connectivity index (χ1) is 13.5. The van der Waals surface area contributed by atoms with Crippen molar-refractivity contribution in [2.24, 2.45) is 0 Å². The average Bonchev–Trinajstić information content (AvgIpc) is 3.08. The van der Waals surface area contributed by atoms with Gasteiger partial charge in [-0.3, -0.25) is 14.4 Å². The fourth-order valence-corrected chi connectivity index (χ4v) is 3.28. The lowest BCUT2D eigenvalue weighted by Crippen LogP contribution is -2.36. The Labute approximate surface area is 163 Å². The summed E-state index contributed by atoms with van der Waals surface area (Å²) in [5.74, 6) is -0.313. The van der Waals surface area contributed by atoms with Gasteiger partial charge < -0.3 is 19.3 Å². The van der Waals surface area contributed by atoms with Crippen LogP contribution in [0.4, 0.5) is 0 Å². The van der Waals surface area contributed by atoms with E-state index in [4.69, 9.17) is 11.6 Å². The summed E-state index contributed by atoms with van der Waals surface area (Å²) < 4.78 is 3.16. The van der Waals surface area contributed by atoms with E-state index >= 15 is 0 Å². The van der Waals surface area contributed by atoms with Gasteiger partial charge in [-0.15, -0.1) is 0 Å². The second-order valence-corrected chi connectivity index (χ2v) is 6.70. The Bertz CT molecular complexity index is 1340. The zero-order chi connectivity index (χ0) is 19.8. The van der Waals surface area contributed by atoms with E-state index in [0.29, 0.717) is 33.9 Å². The number of nitrogens with zero attached hydrogens (tertiary/aromatic N) is 3. The summed E-state index contributed by atoms with van der Waals surface area (Å²) in [5, 5.41) is 3.40. The van der Waals surface area contributed by atoms with E-state index in [9.17, 15) is 14.4 Å². The molecule has 0 bridgehead atoms. The summed E-state index contributed by atoms with van der Waals surface area (Å²) in [7, 11) is 0. The van der Waals surface area contributed by atoms with E-state index in [1.807, 2.05) is 0 Å². The van der Waals surface area contributed by atoms with E-state index in [2.05, 4.69) is 15.3 Å². The van der Waals surface area contributed by atoms with Crippen molar-refractivity contribution >= 4 is 34.2 Å². The maximum atomic E-state index is 12.5. The van der Waals surface area contributed by atoms with Crippen molar-refractivity contribution in [2.75, 3.05) is 0 Å². The fourth-order valence-electron chi connectivity index (χ4n) is 3.11. The van der Waals surface area contributed by atoms with Crippen LogP contribution in [-0.2, 0) is 13.1 Å². The van der Waals surface area contributed by atoms with Crippen molar-refractivity contribution in [2.45, 2.75) is 20.0 Å². The van der Waals surface area contributed by atoms with Crippen molar-refractivity contribution in [3.05, 3.63) is 79.7 Å². The van der Waals surface area contributed by atoms with Gasteiger partial charge in [0.1, 0.15) is 5.65 Å². The minimum atomic E-state index is -0.713. The molecule has 28 heavy (non-hydrogen) atoms. The van der Waals surface area contributed by atoms with Crippen LogP contribution in [-0.4, -0.2) is 24.8 Å². The van der Waals surface area contributed by atoms with Crippen LogP contribution in [0.1, 0.15) is 23.0 Å². The number of hydrogen-bond acceptors (Lipinski definition) is 4. The number of aromatic nitrogens is 4. The Kier molecular flexibility index (Phi) is 4.48. The Morgan fingerprint density at radius 1 is 1.21 bits per heavy atom. The first kappa shape index (κ1) is 18.0. The predicted octanol–water partition coefficient (Wildman–Crippen LogP) is 1.94. The molecule has 0 unspecified atom stereocenters. The molecular weight excluding hydrogens is 382 g/mol. The minimum absolute atomic E-state index is 0.237. The molecular formula is C19H16ClN5O3. The summed E-state index contributed by atoms with van der Waals surface area (Å²) in [5.41, 5.74) is 1.46. The summed E-state index contributed by atoms with van der Waals surface area (Å²) in [6, 6.07) is 8.36. The number of carbonyl (C=O) groups is 1. The molecule has 0 saturated carbocycles. The highest BCUT2D eigenvalue weighted by Crippen LogP contribution is 2.13. The number of H-pyrrole nitrogens is 1. The highest BCUT2D eigenvalue weighted by atomic mass is 35.5. The number of nitrogens with one attached hydrogen (secondary N) is 2. The van der Waals surface area contributed by atoms with Crippen LogP contribution in [0.5, 0.6) is 0 Å². The molecule has 0 radical (unpaired) electrons. The van der Waals surface area contributed by atoms with Crippen LogP contribution in [0.15, 0.2) is 52.3 Å². The molecule has 3 aromatic heterocycles. The van der Waals surface area contributed by atoms with Gasteiger partial charge in [0, 0.05) is 24.5 Å². The smallest absolute Gasteiger partial charge is 0.316 e. The zero-order valence-corrected chi connectivity index (χ0v) is 15.7. The first-order valence-electron chi connectivity index (χ1n) is 8.64. The molecule has 8 nitrogen and oxygen atoms in total. The van der Waals surface area contributed by atoms with Crippen molar-refractivity contribution in [3.63, 3.8) is 0 Å². The summed E-state index contributed by atoms with van der Waals surface area (Å²) in [6.07, 6.45) is 3.53. The highest BCUT2D eigenvalue weighted by Gasteiger charge is 2.11. The number of hydrogen-bond donors (Lipinski definition) is 2. The van der Waals surface area contributed by atoms with Crippen molar-refractivity contribution in [1.82, 2.24) is 24.3 Å². The zero-order valence-electron chi connectivity index (χ0n) is 14.9. The van der Waals surface area contributed by atoms with Crippen LogP contribution >= 0.6 is 11.6 Å². The van der Waals surface area contributed by atoms with Gasteiger partial charge in [0.25, 0.3) is 5.91 Å². The molecule has 0 aliphatic rings. The van der Waals surface area contributed by atoms with Gasteiger partial charge in [0.2, 0.25) is 0 Å². The molecule has 0 aliphatic carbocycles. The van der Waals surface area contributed by atoms with Crippen LogP contribution in [0, 0.1) is 0 Å². The van der Waals surface area contributed by atoms with Gasteiger partial charge in [-0.25, -0.2) is 4.98 Å². The largest absolute Gasteiger partial charge is 0.346 e. The van der Waals surface area contributed by atoms with E-state index in [0.717, 1.165) is 5.65 Å². The van der Waals surface area contributed by atoms with Crippen LogP contribution in [0.3, 0.4) is 0 Å². The van der Waals surface area contributed by atoms with E-state index in [-0.39, 0.29) is 12.5 Å². The maximum absolute atomic E-state index is 12.5. The monoisotopic (exact) mass is 397 g/mol. The molecule has 4 rings (SSSR count).